The molecule has 0 bridgehead atoms. The second-order valence-electron chi connectivity index (χ2n) is 8.02. The summed E-state index contributed by atoms with van der Waals surface area (Å²) in [7, 11) is 2.02. The highest BCUT2D eigenvalue weighted by Crippen LogP contribution is 2.38. The Morgan fingerprint density at radius 3 is 2.10 bits per heavy atom. The molecule has 162 valence electrons. The van der Waals surface area contributed by atoms with Crippen LogP contribution >= 0.6 is 0 Å². The highest BCUT2D eigenvalue weighted by molar-refractivity contribution is 6.01. The molecule has 0 saturated heterocycles. The minimum atomic E-state index is 0.559. The van der Waals surface area contributed by atoms with Crippen molar-refractivity contribution in [1.82, 2.24) is 9.55 Å². The lowest BCUT2D eigenvalue weighted by Crippen LogP contribution is -2.25. The number of nitrogen functional groups attached to an aromatic ring is 1. The van der Waals surface area contributed by atoms with E-state index >= 15 is 0 Å². The van der Waals surface area contributed by atoms with E-state index in [2.05, 4.69) is 74.8 Å². The number of hydrogen-bond donors (Lipinski definition) is 1. The number of anilines is 3. The highest BCUT2D eigenvalue weighted by atomic mass is 15.2. The SMILES string of the molecule is CCCN(CCC)c1ccc(-c2ccc(N(CC)CC)cc2C)c2nc(N)n(C)c12. The zero-order chi connectivity index (χ0) is 21.8. The lowest BCUT2D eigenvalue weighted by molar-refractivity contribution is 0.745. The van der Waals surface area contributed by atoms with Gasteiger partial charge in [0.05, 0.1) is 11.2 Å². The average Bonchev–Trinajstić information content (AvgIpc) is 3.03. The number of benzene rings is 2. The lowest BCUT2D eigenvalue weighted by Gasteiger charge is -2.26. The minimum absolute atomic E-state index is 0.559. The van der Waals surface area contributed by atoms with E-state index in [9.17, 15) is 0 Å². The molecule has 5 heteroatoms. The van der Waals surface area contributed by atoms with Crippen LogP contribution in [0.4, 0.5) is 17.3 Å². The molecule has 0 aliphatic rings. The Balaban J connectivity index is 2.17. The third-order valence-corrected chi connectivity index (χ3v) is 5.99. The second-order valence-corrected chi connectivity index (χ2v) is 8.02. The van der Waals surface area contributed by atoms with E-state index in [0.29, 0.717) is 5.95 Å². The Morgan fingerprint density at radius 2 is 1.53 bits per heavy atom. The van der Waals surface area contributed by atoms with Crippen LogP contribution in [0.1, 0.15) is 46.1 Å². The molecule has 3 aromatic rings. The van der Waals surface area contributed by atoms with Crippen molar-refractivity contribution >= 4 is 28.4 Å². The minimum Gasteiger partial charge on any atom is -0.372 e. The summed E-state index contributed by atoms with van der Waals surface area (Å²) in [6, 6.07) is 11.2. The number of fused-ring (bicyclic) bond motifs is 1. The monoisotopic (exact) mass is 407 g/mol. The van der Waals surface area contributed by atoms with Crippen LogP contribution in [0.15, 0.2) is 30.3 Å². The maximum atomic E-state index is 6.28. The van der Waals surface area contributed by atoms with Gasteiger partial charge in [0, 0.05) is 44.5 Å². The summed E-state index contributed by atoms with van der Waals surface area (Å²) in [5.41, 5.74) is 14.5. The maximum Gasteiger partial charge on any atom is 0.201 e. The summed E-state index contributed by atoms with van der Waals surface area (Å²) < 4.78 is 2.03. The van der Waals surface area contributed by atoms with Crippen LogP contribution in [0.3, 0.4) is 0 Å². The Labute approximate surface area is 181 Å². The van der Waals surface area contributed by atoms with Gasteiger partial charge in [-0.05, 0) is 69.0 Å². The number of nitrogens with zero attached hydrogens (tertiary/aromatic N) is 4. The van der Waals surface area contributed by atoms with Crippen LogP contribution in [0.5, 0.6) is 0 Å². The molecule has 5 nitrogen and oxygen atoms in total. The van der Waals surface area contributed by atoms with Crippen molar-refractivity contribution < 1.29 is 0 Å². The third-order valence-electron chi connectivity index (χ3n) is 5.99. The van der Waals surface area contributed by atoms with Crippen molar-refractivity contribution in [1.29, 1.82) is 0 Å². The molecule has 0 unspecified atom stereocenters. The van der Waals surface area contributed by atoms with Gasteiger partial charge in [0.1, 0.15) is 5.52 Å². The molecule has 0 radical (unpaired) electrons. The maximum absolute atomic E-state index is 6.28. The van der Waals surface area contributed by atoms with Crippen molar-refractivity contribution in [2.24, 2.45) is 7.05 Å². The Bertz CT molecular complexity index is 994. The predicted molar refractivity (Wildman–Crippen MR) is 132 cm³/mol. The van der Waals surface area contributed by atoms with Crippen molar-refractivity contribution in [3.05, 3.63) is 35.9 Å². The van der Waals surface area contributed by atoms with Crippen molar-refractivity contribution in [2.45, 2.75) is 47.5 Å². The summed E-state index contributed by atoms with van der Waals surface area (Å²) in [5, 5.41) is 0. The van der Waals surface area contributed by atoms with E-state index < -0.39 is 0 Å². The summed E-state index contributed by atoms with van der Waals surface area (Å²) in [6.07, 6.45) is 2.23. The summed E-state index contributed by atoms with van der Waals surface area (Å²) >= 11 is 0. The first-order valence-electron chi connectivity index (χ1n) is 11.3. The van der Waals surface area contributed by atoms with E-state index in [1.807, 2.05) is 11.6 Å². The van der Waals surface area contributed by atoms with Gasteiger partial charge in [0.15, 0.2) is 0 Å². The van der Waals surface area contributed by atoms with Crippen molar-refractivity contribution in [3.63, 3.8) is 0 Å². The van der Waals surface area contributed by atoms with E-state index in [-0.39, 0.29) is 0 Å². The standard InChI is InChI=1S/C25H37N5/c1-7-15-30(16-8-2)22-14-13-21(23-24(22)28(6)25(26)27-23)20-12-11-19(17-18(20)5)29(9-3)10-4/h11-14,17H,7-10,15-16H2,1-6H3,(H2,26,27). The van der Waals surface area contributed by atoms with Crippen LogP contribution in [-0.4, -0.2) is 35.7 Å². The Kier molecular flexibility index (Phi) is 6.91. The van der Waals surface area contributed by atoms with Crippen LogP contribution in [0.2, 0.25) is 0 Å². The van der Waals surface area contributed by atoms with Gasteiger partial charge in [-0.25, -0.2) is 4.98 Å². The van der Waals surface area contributed by atoms with Crippen LogP contribution in [0.25, 0.3) is 22.2 Å². The van der Waals surface area contributed by atoms with Gasteiger partial charge < -0.3 is 20.1 Å². The number of hydrogen-bond acceptors (Lipinski definition) is 4. The number of rotatable bonds is 9. The van der Waals surface area contributed by atoms with Gasteiger partial charge in [-0.15, -0.1) is 0 Å². The molecule has 0 fully saturated rings. The lowest BCUT2D eigenvalue weighted by atomic mass is 9.97. The first kappa shape index (κ1) is 22.0. The Morgan fingerprint density at radius 1 is 0.900 bits per heavy atom. The molecule has 1 heterocycles. The molecule has 1 aromatic heterocycles. The molecule has 2 N–H and O–H groups in total. The van der Waals surface area contributed by atoms with Crippen LogP contribution in [-0.2, 0) is 7.05 Å². The molecule has 0 saturated carbocycles. The largest absolute Gasteiger partial charge is 0.372 e. The van der Waals surface area contributed by atoms with Gasteiger partial charge in [-0.3, -0.25) is 0 Å². The summed E-state index contributed by atoms with van der Waals surface area (Å²) in [5.74, 6) is 0.559. The smallest absolute Gasteiger partial charge is 0.201 e. The third kappa shape index (κ3) is 3.98. The number of nitrogens with two attached hydrogens (primary N) is 1. The van der Waals surface area contributed by atoms with E-state index in [0.717, 1.165) is 55.6 Å². The zero-order valence-electron chi connectivity index (χ0n) is 19.5. The van der Waals surface area contributed by atoms with Crippen molar-refractivity contribution in [3.8, 4) is 11.1 Å². The molecule has 3 rings (SSSR count). The quantitative estimate of drug-likeness (QED) is 0.501. The molecule has 0 amide bonds. The molecule has 0 aliphatic heterocycles. The molecule has 30 heavy (non-hydrogen) atoms. The fraction of sp³-hybridized carbons (Fsp3) is 0.480. The van der Waals surface area contributed by atoms with E-state index in [1.54, 1.807) is 0 Å². The fourth-order valence-electron chi connectivity index (χ4n) is 4.42. The van der Waals surface area contributed by atoms with Gasteiger partial charge >= 0.3 is 0 Å². The normalized spacial score (nSPS) is 11.3. The number of imidazole rings is 1. The van der Waals surface area contributed by atoms with Gasteiger partial charge in [-0.2, -0.15) is 0 Å². The molecule has 0 spiro atoms. The van der Waals surface area contributed by atoms with Gasteiger partial charge in [0.2, 0.25) is 5.95 Å². The predicted octanol–water partition coefficient (Wildman–Crippen LogP) is 5.60. The highest BCUT2D eigenvalue weighted by Gasteiger charge is 2.19. The van der Waals surface area contributed by atoms with Crippen LogP contribution in [0, 0.1) is 6.92 Å². The fourth-order valence-corrected chi connectivity index (χ4v) is 4.42. The molecule has 0 aliphatic carbocycles. The number of aryl methyl sites for hydroxylation is 2. The molecular formula is C25H37N5. The summed E-state index contributed by atoms with van der Waals surface area (Å²) in [4.78, 5) is 9.63. The first-order chi connectivity index (χ1) is 14.5. The topological polar surface area (TPSA) is 50.3 Å². The molecule has 0 atom stereocenters. The van der Waals surface area contributed by atoms with Crippen LogP contribution < -0.4 is 15.5 Å². The van der Waals surface area contributed by atoms with Gasteiger partial charge in [-0.1, -0.05) is 19.9 Å². The summed E-state index contributed by atoms with van der Waals surface area (Å²) in [6.45, 7) is 15.1. The molecular weight excluding hydrogens is 370 g/mol. The van der Waals surface area contributed by atoms with Gasteiger partial charge in [0.25, 0.3) is 0 Å². The van der Waals surface area contributed by atoms with E-state index in [1.165, 1.54) is 22.5 Å². The van der Waals surface area contributed by atoms with E-state index in [4.69, 9.17) is 10.7 Å². The Hall–Kier alpha value is -2.69. The zero-order valence-corrected chi connectivity index (χ0v) is 19.5. The number of aromatic nitrogens is 2. The second kappa shape index (κ2) is 9.41. The first-order valence-corrected chi connectivity index (χ1v) is 11.3. The average molecular weight is 408 g/mol. The molecule has 2 aromatic carbocycles. The van der Waals surface area contributed by atoms with Crippen molar-refractivity contribution in [2.75, 3.05) is 41.7 Å².